The number of rotatable bonds is 3. The standard InChI is InChI=1S/C24H31N3O/c1-17(2)27-14-12-24(13-15-27)25-21(19-10-8-18(3)9-11-19)16-22(26-24)20-6-4-5-7-23(20)28/h4-11,17,21,25,28H,12-16H2,1-3H3/t21-/m1/s1. The molecule has 2 aliphatic heterocycles. The van der Waals surface area contributed by atoms with Crippen molar-refractivity contribution in [1.82, 2.24) is 10.2 Å². The van der Waals surface area contributed by atoms with E-state index in [0.29, 0.717) is 11.8 Å². The predicted molar refractivity (Wildman–Crippen MR) is 115 cm³/mol. The lowest BCUT2D eigenvalue weighted by atomic mass is 9.87. The smallest absolute Gasteiger partial charge is 0.124 e. The molecular formula is C24H31N3O. The van der Waals surface area contributed by atoms with Gasteiger partial charge >= 0.3 is 0 Å². The van der Waals surface area contributed by atoms with Gasteiger partial charge in [0.05, 0.1) is 0 Å². The maximum absolute atomic E-state index is 10.4. The van der Waals surface area contributed by atoms with Crippen molar-refractivity contribution >= 4 is 5.71 Å². The van der Waals surface area contributed by atoms with Crippen LogP contribution in [0.4, 0.5) is 0 Å². The van der Waals surface area contributed by atoms with E-state index < -0.39 is 0 Å². The topological polar surface area (TPSA) is 47.9 Å². The summed E-state index contributed by atoms with van der Waals surface area (Å²) in [4.78, 5) is 7.74. The summed E-state index contributed by atoms with van der Waals surface area (Å²) in [6.45, 7) is 8.73. The highest BCUT2D eigenvalue weighted by molar-refractivity contribution is 6.03. The number of nitrogens with zero attached hydrogens (tertiary/aromatic N) is 2. The van der Waals surface area contributed by atoms with Crippen LogP contribution in [0.1, 0.15) is 55.8 Å². The Morgan fingerprint density at radius 3 is 2.39 bits per heavy atom. The summed E-state index contributed by atoms with van der Waals surface area (Å²) in [6, 6.07) is 17.2. The lowest BCUT2D eigenvalue weighted by Crippen LogP contribution is -2.56. The molecule has 4 rings (SSSR count). The molecule has 0 aliphatic carbocycles. The number of phenolic OH excluding ortho intramolecular Hbond substituents is 1. The lowest BCUT2D eigenvalue weighted by Gasteiger charge is -2.46. The Kier molecular flexibility index (Phi) is 5.26. The Labute approximate surface area is 168 Å². The second-order valence-electron chi connectivity index (χ2n) is 8.55. The van der Waals surface area contributed by atoms with Crippen LogP contribution < -0.4 is 5.32 Å². The van der Waals surface area contributed by atoms with E-state index in [1.165, 1.54) is 11.1 Å². The van der Waals surface area contributed by atoms with Crippen LogP contribution in [0.2, 0.25) is 0 Å². The molecule has 2 N–H and O–H groups in total. The summed E-state index contributed by atoms with van der Waals surface area (Å²) >= 11 is 0. The van der Waals surface area contributed by atoms with E-state index in [1.54, 1.807) is 6.07 Å². The molecule has 0 saturated carbocycles. The fourth-order valence-corrected chi connectivity index (χ4v) is 4.46. The van der Waals surface area contributed by atoms with Gasteiger partial charge in [-0.05, 0) is 51.3 Å². The summed E-state index contributed by atoms with van der Waals surface area (Å²) in [7, 11) is 0. The van der Waals surface area contributed by atoms with E-state index in [4.69, 9.17) is 4.99 Å². The molecule has 148 valence electrons. The monoisotopic (exact) mass is 377 g/mol. The Hall–Kier alpha value is -2.17. The van der Waals surface area contributed by atoms with Gasteiger partial charge in [0.15, 0.2) is 0 Å². The summed E-state index contributed by atoms with van der Waals surface area (Å²) in [6.07, 6.45) is 2.77. The minimum absolute atomic E-state index is 0.207. The molecule has 0 unspecified atom stereocenters. The van der Waals surface area contributed by atoms with E-state index in [9.17, 15) is 5.11 Å². The van der Waals surface area contributed by atoms with Gasteiger partial charge in [-0.15, -0.1) is 0 Å². The minimum Gasteiger partial charge on any atom is -0.507 e. The molecule has 0 aromatic heterocycles. The number of hydrogen-bond acceptors (Lipinski definition) is 4. The molecule has 0 radical (unpaired) electrons. The highest BCUT2D eigenvalue weighted by Gasteiger charge is 2.40. The number of aryl methyl sites for hydroxylation is 1. The molecule has 2 aromatic rings. The van der Waals surface area contributed by atoms with E-state index in [-0.39, 0.29) is 11.7 Å². The summed E-state index contributed by atoms with van der Waals surface area (Å²) in [5.74, 6) is 0.320. The van der Waals surface area contributed by atoms with Crippen LogP contribution in [-0.4, -0.2) is 40.5 Å². The van der Waals surface area contributed by atoms with Crippen LogP contribution in [0.15, 0.2) is 53.5 Å². The third-order valence-corrected chi connectivity index (χ3v) is 6.24. The Balaban J connectivity index is 1.69. The number of benzene rings is 2. The Bertz CT molecular complexity index is 848. The van der Waals surface area contributed by atoms with Gasteiger partial charge in [0.25, 0.3) is 0 Å². The molecule has 28 heavy (non-hydrogen) atoms. The van der Waals surface area contributed by atoms with Crippen molar-refractivity contribution in [3.63, 3.8) is 0 Å². The third kappa shape index (κ3) is 3.85. The van der Waals surface area contributed by atoms with Crippen molar-refractivity contribution in [2.75, 3.05) is 13.1 Å². The zero-order valence-corrected chi connectivity index (χ0v) is 17.2. The second-order valence-corrected chi connectivity index (χ2v) is 8.55. The lowest BCUT2D eigenvalue weighted by molar-refractivity contribution is 0.103. The van der Waals surface area contributed by atoms with Crippen LogP contribution in [0.5, 0.6) is 5.75 Å². The number of likely N-dealkylation sites (tertiary alicyclic amines) is 1. The van der Waals surface area contributed by atoms with Gasteiger partial charge < -0.3 is 10.0 Å². The van der Waals surface area contributed by atoms with Gasteiger partial charge in [0.1, 0.15) is 11.4 Å². The molecule has 4 nitrogen and oxygen atoms in total. The van der Waals surface area contributed by atoms with Gasteiger partial charge in [-0.25, -0.2) is 0 Å². The maximum atomic E-state index is 10.4. The molecule has 0 bridgehead atoms. The van der Waals surface area contributed by atoms with Crippen molar-refractivity contribution in [3.8, 4) is 5.75 Å². The van der Waals surface area contributed by atoms with E-state index >= 15 is 0 Å². The number of hydrogen-bond donors (Lipinski definition) is 2. The first-order valence-corrected chi connectivity index (χ1v) is 10.4. The van der Waals surface area contributed by atoms with E-state index in [0.717, 1.165) is 43.6 Å². The third-order valence-electron chi connectivity index (χ3n) is 6.24. The van der Waals surface area contributed by atoms with Crippen molar-refractivity contribution in [2.24, 2.45) is 4.99 Å². The van der Waals surface area contributed by atoms with Gasteiger partial charge in [-0.1, -0.05) is 42.0 Å². The van der Waals surface area contributed by atoms with E-state index in [1.807, 2.05) is 18.2 Å². The average molecular weight is 378 g/mol. The Morgan fingerprint density at radius 1 is 1.07 bits per heavy atom. The second kappa shape index (κ2) is 7.69. The molecule has 1 fully saturated rings. The fourth-order valence-electron chi connectivity index (χ4n) is 4.46. The Morgan fingerprint density at radius 2 is 1.75 bits per heavy atom. The minimum atomic E-state index is -0.253. The summed E-state index contributed by atoms with van der Waals surface area (Å²) in [5, 5.41) is 14.3. The van der Waals surface area contributed by atoms with Crippen molar-refractivity contribution in [1.29, 1.82) is 0 Å². The van der Waals surface area contributed by atoms with Crippen LogP contribution in [0.25, 0.3) is 0 Å². The quantitative estimate of drug-likeness (QED) is 0.832. The molecule has 0 amide bonds. The van der Waals surface area contributed by atoms with Gasteiger partial charge in [-0.3, -0.25) is 10.3 Å². The van der Waals surface area contributed by atoms with Crippen molar-refractivity contribution in [2.45, 2.75) is 57.8 Å². The first kappa shape index (κ1) is 19.2. The highest BCUT2D eigenvalue weighted by atomic mass is 16.3. The summed E-state index contributed by atoms with van der Waals surface area (Å²) in [5.41, 5.74) is 4.19. The van der Waals surface area contributed by atoms with Crippen molar-refractivity contribution in [3.05, 3.63) is 65.2 Å². The molecule has 1 saturated heterocycles. The van der Waals surface area contributed by atoms with Crippen LogP contribution in [0.3, 0.4) is 0 Å². The largest absolute Gasteiger partial charge is 0.507 e. The number of aromatic hydroxyl groups is 1. The molecule has 2 aliphatic rings. The van der Waals surface area contributed by atoms with Crippen molar-refractivity contribution < 1.29 is 5.11 Å². The average Bonchev–Trinajstić information content (AvgIpc) is 2.69. The number of phenols is 1. The first-order valence-electron chi connectivity index (χ1n) is 10.4. The fraction of sp³-hybridized carbons (Fsp3) is 0.458. The van der Waals surface area contributed by atoms with Gasteiger partial charge in [0, 0.05) is 42.9 Å². The molecular weight excluding hydrogens is 346 g/mol. The number of aliphatic imine (C=N–C) groups is 1. The van der Waals surface area contributed by atoms with Crippen LogP contribution in [0, 0.1) is 6.92 Å². The first-order chi connectivity index (χ1) is 13.5. The molecule has 4 heteroatoms. The summed E-state index contributed by atoms with van der Waals surface area (Å²) < 4.78 is 0. The van der Waals surface area contributed by atoms with Gasteiger partial charge in [-0.2, -0.15) is 0 Å². The zero-order valence-electron chi connectivity index (χ0n) is 17.2. The SMILES string of the molecule is Cc1ccc([C@H]2CC(c3ccccc3O)=NC3(CCN(C(C)C)CC3)N2)cc1. The normalized spacial score (nSPS) is 22.4. The molecule has 1 atom stereocenters. The predicted octanol–water partition coefficient (Wildman–Crippen LogP) is 4.42. The number of para-hydroxylation sites is 1. The maximum Gasteiger partial charge on any atom is 0.124 e. The van der Waals surface area contributed by atoms with Crippen LogP contribution >= 0.6 is 0 Å². The number of nitrogens with one attached hydrogen (secondary N) is 1. The number of piperidine rings is 1. The molecule has 2 aromatic carbocycles. The molecule has 2 heterocycles. The highest BCUT2D eigenvalue weighted by Crippen LogP contribution is 2.36. The van der Waals surface area contributed by atoms with Gasteiger partial charge in [0.2, 0.25) is 0 Å². The van der Waals surface area contributed by atoms with E-state index in [2.05, 4.69) is 55.3 Å². The van der Waals surface area contributed by atoms with Crippen LogP contribution in [-0.2, 0) is 0 Å². The molecule has 1 spiro atoms. The zero-order chi connectivity index (χ0) is 19.7.